The molecule has 0 saturated heterocycles. The lowest BCUT2D eigenvalue weighted by atomic mass is 10.1. The number of nitrogens with zero attached hydrogens (tertiary/aromatic N) is 3. The van der Waals surface area contributed by atoms with Crippen LogP contribution in [0.15, 0.2) is 53.1 Å². The van der Waals surface area contributed by atoms with E-state index in [9.17, 15) is 14.7 Å². The van der Waals surface area contributed by atoms with E-state index in [-0.39, 0.29) is 28.5 Å². The zero-order chi connectivity index (χ0) is 24.4. The van der Waals surface area contributed by atoms with Gasteiger partial charge in [0.2, 0.25) is 5.88 Å². The van der Waals surface area contributed by atoms with Crippen LogP contribution < -0.4 is 14.8 Å². The van der Waals surface area contributed by atoms with Gasteiger partial charge in [-0.15, -0.1) is 0 Å². The summed E-state index contributed by atoms with van der Waals surface area (Å²) in [6.45, 7) is 3.56. The van der Waals surface area contributed by atoms with Gasteiger partial charge in [-0.25, -0.2) is 9.48 Å². The summed E-state index contributed by atoms with van der Waals surface area (Å²) in [6, 6.07) is 14.1. The molecular formula is C24H22N4O6. The number of aromatic carboxylic acids is 1. The second-order valence-corrected chi connectivity index (χ2v) is 7.35. The molecule has 0 radical (unpaired) electrons. The van der Waals surface area contributed by atoms with E-state index in [1.165, 1.54) is 20.3 Å². The van der Waals surface area contributed by atoms with E-state index in [4.69, 9.17) is 14.0 Å². The average Bonchev–Trinajstić information content (AvgIpc) is 3.38. The Bertz CT molecular complexity index is 1370. The summed E-state index contributed by atoms with van der Waals surface area (Å²) in [7, 11) is 2.91. The molecule has 0 aliphatic heterocycles. The molecule has 2 aromatic heterocycles. The number of anilines is 1. The van der Waals surface area contributed by atoms with Crippen LogP contribution in [0.3, 0.4) is 0 Å². The number of aryl methyl sites for hydroxylation is 1. The van der Waals surface area contributed by atoms with E-state index in [0.29, 0.717) is 22.7 Å². The summed E-state index contributed by atoms with van der Waals surface area (Å²) < 4.78 is 17.4. The quantitative estimate of drug-likeness (QED) is 0.420. The van der Waals surface area contributed by atoms with Crippen molar-refractivity contribution >= 4 is 17.8 Å². The number of para-hydroxylation sites is 1. The van der Waals surface area contributed by atoms with Crippen molar-refractivity contribution in [1.29, 1.82) is 0 Å². The highest BCUT2D eigenvalue weighted by molar-refractivity contribution is 6.09. The molecule has 0 aliphatic carbocycles. The number of aromatic nitrogens is 3. The third-order valence-corrected chi connectivity index (χ3v) is 5.32. The van der Waals surface area contributed by atoms with Crippen LogP contribution in [0.1, 0.15) is 32.1 Å². The number of nitrogens with one attached hydrogen (secondary N) is 1. The van der Waals surface area contributed by atoms with Gasteiger partial charge in [-0.3, -0.25) is 10.1 Å². The lowest BCUT2D eigenvalue weighted by molar-refractivity contribution is 0.0698. The monoisotopic (exact) mass is 462 g/mol. The molecule has 10 heteroatoms. The van der Waals surface area contributed by atoms with Gasteiger partial charge in [0.25, 0.3) is 5.91 Å². The Morgan fingerprint density at radius 3 is 2.44 bits per heavy atom. The molecular weight excluding hydrogens is 440 g/mol. The van der Waals surface area contributed by atoms with Gasteiger partial charge in [-0.1, -0.05) is 23.4 Å². The van der Waals surface area contributed by atoms with Gasteiger partial charge in [0, 0.05) is 11.6 Å². The molecule has 0 saturated carbocycles. The van der Waals surface area contributed by atoms with Gasteiger partial charge >= 0.3 is 5.97 Å². The van der Waals surface area contributed by atoms with Gasteiger partial charge in [0.05, 0.1) is 36.9 Å². The van der Waals surface area contributed by atoms with Crippen LogP contribution in [0.4, 0.5) is 5.88 Å². The first kappa shape index (κ1) is 22.6. The second-order valence-electron chi connectivity index (χ2n) is 7.35. The molecule has 0 atom stereocenters. The Balaban J connectivity index is 1.74. The fourth-order valence-electron chi connectivity index (χ4n) is 3.71. The molecule has 2 aromatic carbocycles. The number of hydrogen-bond acceptors (Lipinski definition) is 7. The molecule has 34 heavy (non-hydrogen) atoms. The first-order chi connectivity index (χ1) is 16.3. The molecule has 0 aliphatic rings. The number of benzene rings is 2. The Hall–Kier alpha value is -4.60. The molecule has 4 aromatic rings. The number of carbonyl (C=O) groups is 2. The van der Waals surface area contributed by atoms with Crippen LogP contribution in [-0.2, 0) is 0 Å². The number of hydrogen-bond donors (Lipinski definition) is 2. The minimum absolute atomic E-state index is 0.0710. The Labute approximate surface area is 194 Å². The molecule has 0 spiro atoms. The zero-order valence-corrected chi connectivity index (χ0v) is 18.9. The Morgan fingerprint density at radius 2 is 1.79 bits per heavy atom. The first-order valence-corrected chi connectivity index (χ1v) is 10.2. The predicted octanol–water partition coefficient (Wildman–Crippen LogP) is 4.11. The van der Waals surface area contributed by atoms with Crippen molar-refractivity contribution in [2.24, 2.45) is 0 Å². The van der Waals surface area contributed by atoms with Gasteiger partial charge in [0.1, 0.15) is 17.2 Å². The van der Waals surface area contributed by atoms with Crippen molar-refractivity contribution in [3.8, 4) is 28.4 Å². The first-order valence-electron chi connectivity index (χ1n) is 10.2. The lowest BCUT2D eigenvalue weighted by Gasteiger charge is -2.10. The fraction of sp³-hybridized carbons (Fsp3) is 0.167. The van der Waals surface area contributed by atoms with Gasteiger partial charge in [0.15, 0.2) is 5.56 Å². The summed E-state index contributed by atoms with van der Waals surface area (Å²) in [5.41, 5.74) is 2.52. The van der Waals surface area contributed by atoms with Crippen molar-refractivity contribution in [2.75, 3.05) is 19.5 Å². The molecule has 10 nitrogen and oxygen atoms in total. The largest absolute Gasteiger partial charge is 0.497 e. The van der Waals surface area contributed by atoms with Crippen LogP contribution in [0.25, 0.3) is 16.9 Å². The van der Waals surface area contributed by atoms with Crippen LogP contribution in [0.5, 0.6) is 11.5 Å². The normalized spacial score (nSPS) is 10.7. The van der Waals surface area contributed by atoms with Gasteiger partial charge in [-0.2, -0.15) is 5.10 Å². The average molecular weight is 462 g/mol. The highest BCUT2D eigenvalue weighted by Gasteiger charge is 2.30. The van der Waals surface area contributed by atoms with Crippen LogP contribution in [-0.4, -0.2) is 46.1 Å². The smallest absolute Gasteiger partial charge is 0.343 e. The summed E-state index contributed by atoms with van der Waals surface area (Å²) in [5, 5.41) is 20.9. The fourth-order valence-corrected chi connectivity index (χ4v) is 3.71. The number of amides is 1. The number of rotatable bonds is 7. The standard InChI is InChI=1S/C24H22N4O6/c1-13-19(14(2)28(26-13)15-8-6-5-7-9-15)21-20(24(30)31)23(34-27-21)25-22(29)17-11-10-16(32-3)12-18(17)33-4/h5-12H,1-4H3,(H,25,29)(H,30,31). The van der Waals surface area contributed by atoms with Crippen molar-refractivity contribution in [1.82, 2.24) is 14.9 Å². The number of methoxy groups -OCH3 is 2. The highest BCUT2D eigenvalue weighted by Crippen LogP contribution is 2.35. The number of carbonyl (C=O) groups excluding carboxylic acids is 1. The van der Waals surface area contributed by atoms with Crippen molar-refractivity contribution in [3.63, 3.8) is 0 Å². The maximum atomic E-state index is 12.9. The SMILES string of the molecule is COc1ccc(C(=O)Nc2onc(-c3c(C)nn(-c4ccccc4)c3C)c2C(=O)O)c(OC)c1. The minimum atomic E-state index is -1.31. The maximum absolute atomic E-state index is 12.9. The van der Waals surface area contributed by atoms with Crippen LogP contribution in [0, 0.1) is 13.8 Å². The summed E-state index contributed by atoms with van der Waals surface area (Å²) in [5.74, 6) is -1.47. The molecule has 0 unspecified atom stereocenters. The Morgan fingerprint density at radius 1 is 1.06 bits per heavy atom. The molecule has 4 rings (SSSR count). The zero-order valence-electron chi connectivity index (χ0n) is 18.9. The summed E-state index contributed by atoms with van der Waals surface area (Å²) >= 11 is 0. The van der Waals surface area contributed by atoms with Gasteiger partial charge < -0.3 is 19.1 Å². The van der Waals surface area contributed by atoms with E-state index in [1.807, 2.05) is 37.3 Å². The van der Waals surface area contributed by atoms with Crippen LogP contribution in [0.2, 0.25) is 0 Å². The maximum Gasteiger partial charge on any atom is 0.343 e. The van der Waals surface area contributed by atoms with E-state index in [0.717, 1.165) is 5.69 Å². The molecule has 0 bridgehead atoms. The topological polar surface area (TPSA) is 129 Å². The van der Waals surface area contributed by atoms with E-state index < -0.39 is 11.9 Å². The summed E-state index contributed by atoms with van der Waals surface area (Å²) in [6.07, 6.45) is 0. The highest BCUT2D eigenvalue weighted by atomic mass is 16.5. The third kappa shape index (κ3) is 3.96. The molecule has 1 amide bonds. The molecule has 0 fully saturated rings. The van der Waals surface area contributed by atoms with Crippen molar-refractivity contribution in [3.05, 3.63) is 71.0 Å². The lowest BCUT2D eigenvalue weighted by Crippen LogP contribution is -2.15. The van der Waals surface area contributed by atoms with Gasteiger partial charge in [-0.05, 0) is 38.1 Å². The Kier molecular flexibility index (Phi) is 6.05. The van der Waals surface area contributed by atoms with Crippen LogP contribution >= 0.6 is 0 Å². The van der Waals surface area contributed by atoms with E-state index in [1.54, 1.807) is 23.7 Å². The van der Waals surface area contributed by atoms with Crippen molar-refractivity contribution < 1.29 is 28.7 Å². The molecule has 2 N–H and O–H groups in total. The number of carboxylic acids is 1. The minimum Gasteiger partial charge on any atom is -0.497 e. The molecule has 174 valence electrons. The summed E-state index contributed by atoms with van der Waals surface area (Å²) in [4.78, 5) is 25.1. The predicted molar refractivity (Wildman–Crippen MR) is 123 cm³/mol. The third-order valence-electron chi connectivity index (χ3n) is 5.32. The van der Waals surface area contributed by atoms with E-state index >= 15 is 0 Å². The number of carboxylic acid groups (broad SMARTS) is 1. The number of ether oxygens (including phenoxy) is 2. The molecule has 2 heterocycles. The second kappa shape index (κ2) is 9.10. The van der Waals surface area contributed by atoms with E-state index in [2.05, 4.69) is 15.6 Å². The van der Waals surface area contributed by atoms with Crippen molar-refractivity contribution in [2.45, 2.75) is 13.8 Å².